The third kappa shape index (κ3) is 2.82. The van der Waals surface area contributed by atoms with Crippen LogP contribution in [0.4, 0.5) is 5.69 Å². The van der Waals surface area contributed by atoms with E-state index < -0.39 is 12.2 Å². The molecule has 0 saturated carbocycles. The Morgan fingerprint density at radius 2 is 1.83 bits per heavy atom. The first-order chi connectivity index (χ1) is 11.7. The van der Waals surface area contributed by atoms with Gasteiger partial charge in [0.05, 0.1) is 20.8 Å². The summed E-state index contributed by atoms with van der Waals surface area (Å²) in [4.78, 5) is 12.2. The van der Waals surface area contributed by atoms with Crippen molar-refractivity contribution in [2.75, 3.05) is 26.1 Å². The lowest BCUT2D eigenvalue weighted by atomic mass is 10.1. The maximum Gasteiger partial charge on any atom is 0.344 e. The Bertz CT molecular complexity index is 742. The zero-order valence-corrected chi connectivity index (χ0v) is 13.8. The number of fused-ring (bicyclic) bond motifs is 1. The standard InChI is InChI=1S/C18H19NO5/c1-4-23-12-7-5-11(6-8-12)19-17-13-9-10-14(21-2)16(22-3)15(13)18(20)24-17/h5-10,17,19H,4H2,1-3H3/t17-/m0/s1. The molecule has 0 fully saturated rings. The van der Waals surface area contributed by atoms with Gasteiger partial charge in [0.1, 0.15) is 11.3 Å². The van der Waals surface area contributed by atoms with Gasteiger partial charge in [-0.2, -0.15) is 0 Å². The first kappa shape index (κ1) is 16.0. The Labute approximate surface area is 140 Å². The first-order valence-corrected chi connectivity index (χ1v) is 7.63. The van der Waals surface area contributed by atoms with Crippen LogP contribution in [0.15, 0.2) is 36.4 Å². The van der Waals surface area contributed by atoms with Crippen molar-refractivity contribution in [3.8, 4) is 17.2 Å². The smallest absolute Gasteiger partial charge is 0.344 e. The van der Waals surface area contributed by atoms with Crippen LogP contribution < -0.4 is 19.5 Å². The van der Waals surface area contributed by atoms with E-state index in [-0.39, 0.29) is 0 Å². The van der Waals surface area contributed by atoms with E-state index in [9.17, 15) is 4.79 Å². The van der Waals surface area contributed by atoms with E-state index in [0.717, 1.165) is 11.4 Å². The maximum absolute atomic E-state index is 12.2. The number of nitrogens with one attached hydrogen (secondary N) is 1. The van der Waals surface area contributed by atoms with Crippen molar-refractivity contribution in [1.82, 2.24) is 0 Å². The van der Waals surface area contributed by atoms with Gasteiger partial charge in [0.2, 0.25) is 6.23 Å². The molecule has 126 valence electrons. The maximum atomic E-state index is 12.2. The number of rotatable bonds is 6. The van der Waals surface area contributed by atoms with Crippen molar-refractivity contribution < 1.29 is 23.7 Å². The predicted octanol–water partition coefficient (Wildman–Crippen LogP) is 3.38. The molecule has 1 N–H and O–H groups in total. The fourth-order valence-electron chi connectivity index (χ4n) is 2.67. The van der Waals surface area contributed by atoms with Gasteiger partial charge in [0.25, 0.3) is 0 Å². The van der Waals surface area contributed by atoms with Gasteiger partial charge in [-0.05, 0) is 43.3 Å². The van der Waals surface area contributed by atoms with Crippen LogP contribution in [0.3, 0.4) is 0 Å². The number of ether oxygens (including phenoxy) is 4. The predicted molar refractivity (Wildman–Crippen MR) is 88.9 cm³/mol. The monoisotopic (exact) mass is 329 g/mol. The van der Waals surface area contributed by atoms with Crippen molar-refractivity contribution >= 4 is 11.7 Å². The van der Waals surface area contributed by atoms with Crippen LogP contribution in [0.1, 0.15) is 29.1 Å². The highest BCUT2D eigenvalue weighted by molar-refractivity contribution is 5.98. The van der Waals surface area contributed by atoms with Gasteiger partial charge in [-0.1, -0.05) is 0 Å². The van der Waals surface area contributed by atoms with E-state index in [1.165, 1.54) is 14.2 Å². The Balaban J connectivity index is 1.87. The van der Waals surface area contributed by atoms with Gasteiger partial charge < -0.3 is 24.3 Å². The molecule has 0 unspecified atom stereocenters. The minimum Gasteiger partial charge on any atom is -0.494 e. The summed E-state index contributed by atoms with van der Waals surface area (Å²) in [6, 6.07) is 11.0. The highest BCUT2D eigenvalue weighted by Crippen LogP contribution is 2.42. The summed E-state index contributed by atoms with van der Waals surface area (Å²) in [5.74, 6) is 1.23. The number of carbonyl (C=O) groups excluding carboxylic acids is 1. The SMILES string of the molecule is CCOc1ccc(N[C@H]2OC(=O)c3c2ccc(OC)c3OC)cc1. The molecule has 2 aromatic rings. The molecular weight excluding hydrogens is 310 g/mol. The minimum atomic E-state index is -0.578. The van der Waals surface area contributed by atoms with E-state index in [1.807, 2.05) is 31.2 Å². The average Bonchev–Trinajstić information content (AvgIpc) is 2.92. The van der Waals surface area contributed by atoms with Gasteiger partial charge in [-0.3, -0.25) is 0 Å². The lowest BCUT2D eigenvalue weighted by Crippen LogP contribution is -2.10. The number of carbonyl (C=O) groups is 1. The highest BCUT2D eigenvalue weighted by Gasteiger charge is 2.35. The molecule has 0 saturated heterocycles. The first-order valence-electron chi connectivity index (χ1n) is 7.63. The largest absolute Gasteiger partial charge is 0.494 e. The summed E-state index contributed by atoms with van der Waals surface area (Å²) >= 11 is 0. The zero-order valence-electron chi connectivity index (χ0n) is 13.8. The number of anilines is 1. The van der Waals surface area contributed by atoms with E-state index in [2.05, 4.69) is 5.32 Å². The second-order valence-corrected chi connectivity index (χ2v) is 5.15. The third-order valence-electron chi connectivity index (χ3n) is 3.75. The van der Waals surface area contributed by atoms with Crippen LogP contribution in [-0.2, 0) is 4.74 Å². The summed E-state index contributed by atoms with van der Waals surface area (Å²) in [5, 5.41) is 3.19. The lowest BCUT2D eigenvalue weighted by molar-refractivity contribution is 0.0435. The molecule has 0 spiro atoms. The van der Waals surface area contributed by atoms with Crippen LogP contribution in [0, 0.1) is 0 Å². The molecule has 6 nitrogen and oxygen atoms in total. The summed E-state index contributed by atoms with van der Waals surface area (Å²) in [6.07, 6.45) is -0.578. The normalized spacial score (nSPS) is 15.5. The third-order valence-corrected chi connectivity index (χ3v) is 3.75. The van der Waals surface area contributed by atoms with Crippen molar-refractivity contribution in [1.29, 1.82) is 0 Å². The van der Waals surface area contributed by atoms with Crippen LogP contribution >= 0.6 is 0 Å². The van der Waals surface area contributed by atoms with Crippen molar-refractivity contribution in [3.63, 3.8) is 0 Å². The zero-order chi connectivity index (χ0) is 17.1. The van der Waals surface area contributed by atoms with Crippen LogP contribution in [0.5, 0.6) is 17.2 Å². The quantitative estimate of drug-likeness (QED) is 0.820. The molecule has 0 amide bonds. The summed E-state index contributed by atoms with van der Waals surface area (Å²) in [5.41, 5.74) is 1.92. The molecule has 1 atom stereocenters. The van der Waals surface area contributed by atoms with E-state index >= 15 is 0 Å². The van der Waals surface area contributed by atoms with Crippen molar-refractivity contribution in [3.05, 3.63) is 47.5 Å². The highest BCUT2D eigenvalue weighted by atomic mass is 16.6. The second-order valence-electron chi connectivity index (χ2n) is 5.15. The molecule has 6 heteroatoms. The fourth-order valence-corrected chi connectivity index (χ4v) is 2.67. The molecule has 1 aliphatic rings. The van der Waals surface area contributed by atoms with E-state index in [0.29, 0.717) is 29.2 Å². The molecule has 0 bridgehead atoms. The Morgan fingerprint density at radius 3 is 2.46 bits per heavy atom. The van der Waals surface area contributed by atoms with Gasteiger partial charge >= 0.3 is 5.97 Å². The number of esters is 1. The fraction of sp³-hybridized carbons (Fsp3) is 0.278. The average molecular weight is 329 g/mol. The molecule has 2 aromatic carbocycles. The minimum absolute atomic E-state index is 0.385. The summed E-state index contributed by atoms with van der Waals surface area (Å²) in [7, 11) is 3.03. The molecule has 0 radical (unpaired) electrons. The number of benzene rings is 2. The second kappa shape index (κ2) is 6.70. The van der Waals surface area contributed by atoms with E-state index in [1.54, 1.807) is 12.1 Å². The molecule has 0 aromatic heterocycles. The van der Waals surface area contributed by atoms with Crippen LogP contribution in [-0.4, -0.2) is 26.8 Å². The van der Waals surface area contributed by atoms with E-state index in [4.69, 9.17) is 18.9 Å². The van der Waals surface area contributed by atoms with Gasteiger partial charge in [-0.15, -0.1) is 0 Å². The number of cyclic esters (lactones) is 1. The van der Waals surface area contributed by atoms with Crippen LogP contribution in [0.2, 0.25) is 0 Å². The molecular formula is C18H19NO5. The molecule has 0 aliphatic carbocycles. The molecule has 1 heterocycles. The Kier molecular flexibility index (Phi) is 4.46. The molecule has 3 rings (SSSR count). The topological polar surface area (TPSA) is 66.0 Å². The van der Waals surface area contributed by atoms with Gasteiger partial charge in [0, 0.05) is 11.3 Å². The van der Waals surface area contributed by atoms with Crippen molar-refractivity contribution in [2.24, 2.45) is 0 Å². The van der Waals surface area contributed by atoms with Gasteiger partial charge in [-0.25, -0.2) is 4.79 Å². The number of hydrogen-bond acceptors (Lipinski definition) is 6. The van der Waals surface area contributed by atoms with Gasteiger partial charge in [0.15, 0.2) is 11.5 Å². The van der Waals surface area contributed by atoms with Crippen molar-refractivity contribution in [2.45, 2.75) is 13.2 Å². The lowest BCUT2D eigenvalue weighted by Gasteiger charge is -2.15. The molecule has 24 heavy (non-hydrogen) atoms. The Hall–Kier alpha value is -2.89. The summed E-state index contributed by atoms with van der Waals surface area (Å²) < 4.78 is 21.4. The van der Waals surface area contributed by atoms with Crippen LogP contribution in [0.25, 0.3) is 0 Å². The Morgan fingerprint density at radius 1 is 1.08 bits per heavy atom. The number of methoxy groups -OCH3 is 2. The summed E-state index contributed by atoms with van der Waals surface area (Å²) in [6.45, 7) is 2.55. The molecule has 1 aliphatic heterocycles. The number of hydrogen-bond donors (Lipinski definition) is 1.